The van der Waals surface area contributed by atoms with Crippen molar-refractivity contribution < 1.29 is 24.2 Å². The SMILES string of the molecule is CN(CC(C)(C)C)C(=O)NC(=O)COCC(=O)O. The summed E-state index contributed by atoms with van der Waals surface area (Å²) in [6, 6.07) is -0.533. The van der Waals surface area contributed by atoms with Gasteiger partial charge in [0.1, 0.15) is 13.2 Å². The second kappa shape index (κ2) is 6.95. The largest absolute Gasteiger partial charge is 0.480 e. The number of amides is 3. The van der Waals surface area contributed by atoms with Gasteiger partial charge in [0, 0.05) is 13.6 Å². The lowest BCUT2D eigenvalue weighted by molar-refractivity contribution is -0.143. The summed E-state index contributed by atoms with van der Waals surface area (Å²) in [6.07, 6.45) is 0. The molecular formula is C11H20N2O5. The van der Waals surface area contributed by atoms with Crippen molar-refractivity contribution >= 4 is 17.9 Å². The monoisotopic (exact) mass is 260 g/mol. The Morgan fingerprint density at radius 1 is 1.22 bits per heavy atom. The van der Waals surface area contributed by atoms with Crippen molar-refractivity contribution in [2.24, 2.45) is 5.41 Å². The average molecular weight is 260 g/mol. The van der Waals surface area contributed by atoms with Crippen molar-refractivity contribution in [3.8, 4) is 0 Å². The summed E-state index contributed by atoms with van der Waals surface area (Å²) in [5, 5.41) is 10.4. The standard InChI is InChI=1S/C11H20N2O5/c1-11(2,3)7-13(4)10(17)12-8(14)5-18-6-9(15)16/h5-7H2,1-4H3,(H,15,16)(H,12,14,17). The summed E-state index contributed by atoms with van der Waals surface area (Å²) in [4.78, 5) is 34.3. The molecule has 0 saturated carbocycles. The molecular weight excluding hydrogens is 240 g/mol. The summed E-state index contributed by atoms with van der Waals surface area (Å²) in [7, 11) is 1.58. The number of carboxylic acids is 1. The third-order valence-electron chi connectivity index (χ3n) is 1.76. The molecule has 0 aliphatic heterocycles. The Balaban J connectivity index is 4.00. The second-order valence-electron chi connectivity index (χ2n) is 5.16. The van der Waals surface area contributed by atoms with E-state index in [1.807, 2.05) is 20.8 Å². The van der Waals surface area contributed by atoms with Crippen LogP contribution in [-0.4, -0.2) is 54.7 Å². The van der Waals surface area contributed by atoms with Crippen molar-refractivity contribution in [1.29, 1.82) is 0 Å². The molecule has 7 nitrogen and oxygen atoms in total. The molecule has 7 heteroatoms. The van der Waals surface area contributed by atoms with Crippen LogP contribution in [0.1, 0.15) is 20.8 Å². The Bertz CT molecular complexity index is 322. The molecule has 0 rings (SSSR count). The quantitative estimate of drug-likeness (QED) is 0.741. The first-order valence-electron chi connectivity index (χ1n) is 5.46. The van der Waals surface area contributed by atoms with Crippen LogP contribution in [0.15, 0.2) is 0 Å². The van der Waals surface area contributed by atoms with Gasteiger partial charge in [0.15, 0.2) is 0 Å². The van der Waals surface area contributed by atoms with Gasteiger partial charge in [-0.2, -0.15) is 0 Å². The van der Waals surface area contributed by atoms with E-state index in [1.54, 1.807) is 7.05 Å². The van der Waals surface area contributed by atoms with Gasteiger partial charge in [-0.15, -0.1) is 0 Å². The average Bonchev–Trinajstić information content (AvgIpc) is 2.13. The molecule has 0 aromatic carbocycles. The number of nitrogens with one attached hydrogen (secondary N) is 1. The molecule has 0 aromatic rings. The molecule has 0 radical (unpaired) electrons. The van der Waals surface area contributed by atoms with Gasteiger partial charge in [0.05, 0.1) is 0 Å². The fraction of sp³-hybridized carbons (Fsp3) is 0.727. The highest BCUT2D eigenvalue weighted by Gasteiger charge is 2.19. The molecule has 0 heterocycles. The Hall–Kier alpha value is -1.63. The van der Waals surface area contributed by atoms with E-state index in [4.69, 9.17) is 5.11 Å². The Morgan fingerprint density at radius 2 is 1.78 bits per heavy atom. The number of imide groups is 1. The molecule has 0 atom stereocenters. The van der Waals surface area contributed by atoms with Crippen LogP contribution in [0.2, 0.25) is 0 Å². The summed E-state index contributed by atoms with van der Waals surface area (Å²) in [6.45, 7) is 5.36. The fourth-order valence-electron chi connectivity index (χ4n) is 1.27. The van der Waals surface area contributed by atoms with Crippen LogP contribution in [0.3, 0.4) is 0 Å². The minimum Gasteiger partial charge on any atom is -0.480 e. The first kappa shape index (κ1) is 16.4. The minimum absolute atomic E-state index is 0.0745. The first-order chi connectivity index (χ1) is 8.11. The van der Waals surface area contributed by atoms with Crippen LogP contribution >= 0.6 is 0 Å². The predicted molar refractivity (Wildman–Crippen MR) is 64.1 cm³/mol. The number of urea groups is 1. The van der Waals surface area contributed by atoms with Gasteiger partial charge in [0.25, 0.3) is 5.91 Å². The van der Waals surface area contributed by atoms with Crippen LogP contribution in [0.25, 0.3) is 0 Å². The van der Waals surface area contributed by atoms with Crippen molar-refractivity contribution in [2.75, 3.05) is 26.8 Å². The summed E-state index contributed by atoms with van der Waals surface area (Å²) < 4.78 is 4.56. The third-order valence-corrected chi connectivity index (χ3v) is 1.76. The maximum atomic E-state index is 11.6. The summed E-state index contributed by atoms with van der Waals surface area (Å²) >= 11 is 0. The van der Waals surface area contributed by atoms with Gasteiger partial charge in [-0.3, -0.25) is 10.1 Å². The van der Waals surface area contributed by atoms with Gasteiger partial charge in [0.2, 0.25) is 0 Å². The number of ether oxygens (including phenoxy) is 1. The zero-order chi connectivity index (χ0) is 14.3. The summed E-state index contributed by atoms with van der Waals surface area (Å²) in [5.74, 6) is -1.83. The van der Waals surface area contributed by atoms with E-state index in [1.165, 1.54) is 4.90 Å². The zero-order valence-corrected chi connectivity index (χ0v) is 11.1. The van der Waals surface area contributed by atoms with Crippen LogP contribution in [0, 0.1) is 5.41 Å². The highest BCUT2D eigenvalue weighted by molar-refractivity contribution is 5.94. The lowest BCUT2D eigenvalue weighted by atomic mass is 9.96. The maximum absolute atomic E-state index is 11.6. The molecule has 2 N–H and O–H groups in total. The molecule has 0 fully saturated rings. The Kier molecular flexibility index (Phi) is 6.32. The molecule has 0 saturated heterocycles. The van der Waals surface area contributed by atoms with Crippen LogP contribution in [-0.2, 0) is 14.3 Å². The normalized spacial score (nSPS) is 10.9. The number of hydrogen-bond donors (Lipinski definition) is 2. The molecule has 0 aromatic heterocycles. The van der Waals surface area contributed by atoms with E-state index >= 15 is 0 Å². The summed E-state index contributed by atoms with van der Waals surface area (Å²) in [5.41, 5.74) is -0.0745. The zero-order valence-electron chi connectivity index (χ0n) is 11.1. The maximum Gasteiger partial charge on any atom is 0.329 e. The molecule has 18 heavy (non-hydrogen) atoms. The Labute approximate surface area is 106 Å². The smallest absolute Gasteiger partial charge is 0.329 e. The number of carboxylic acid groups (broad SMARTS) is 1. The van der Waals surface area contributed by atoms with Gasteiger partial charge >= 0.3 is 12.0 Å². The molecule has 104 valence electrons. The van der Waals surface area contributed by atoms with Crippen LogP contribution in [0.4, 0.5) is 4.79 Å². The van der Waals surface area contributed by atoms with E-state index < -0.39 is 31.1 Å². The molecule has 0 bridgehead atoms. The highest BCUT2D eigenvalue weighted by Crippen LogP contribution is 2.13. The highest BCUT2D eigenvalue weighted by atomic mass is 16.5. The fourth-order valence-corrected chi connectivity index (χ4v) is 1.27. The van der Waals surface area contributed by atoms with Crippen molar-refractivity contribution in [1.82, 2.24) is 10.2 Å². The van der Waals surface area contributed by atoms with E-state index in [0.29, 0.717) is 6.54 Å². The van der Waals surface area contributed by atoms with Crippen LogP contribution < -0.4 is 5.32 Å². The van der Waals surface area contributed by atoms with Gasteiger partial charge in [-0.25, -0.2) is 9.59 Å². The van der Waals surface area contributed by atoms with E-state index in [2.05, 4.69) is 10.1 Å². The first-order valence-corrected chi connectivity index (χ1v) is 5.46. The Morgan fingerprint density at radius 3 is 2.22 bits per heavy atom. The molecule has 3 amide bonds. The third kappa shape index (κ3) is 8.51. The number of carbonyl (C=O) groups is 3. The van der Waals surface area contributed by atoms with E-state index in [-0.39, 0.29) is 5.41 Å². The number of rotatable bonds is 5. The number of carbonyl (C=O) groups excluding carboxylic acids is 2. The number of hydrogen-bond acceptors (Lipinski definition) is 4. The molecule has 0 aliphatic carbocycles. The second-order valence-corrected chi connectivity index (χ2v) is 5.16. The minimum atomic E-state index is -1.17. The topological polar surface area (TPSA) is 95.9 Å². The number of nitrogens with zero attached hydrogens (tertiary/aromatic N) is 1. The van der Waals surface area contributed by atoms with Crippen molar-refractivity contribution in [3.63, 3.8) is 0 Å². The lowest BCUT2D eigenvalue weighted by Crippen LogP contribution is -2.45. The molecule has 0 aliphatic rings. The molecule has 0 unspecified atom stereocenters. The van der Waals surface area contributed by atoms with E-state index in [0.717, 1.165) is 0 Å². The van der Waals surface area contributed by atoms with Crippen LogP contribution in [0.5, 0.6) is 0 Å². The lowest BCUT2D eigenvalue weighted by Gasteiger charge is -2.26. The number of aliphatic carboxylic acids is 1. The molecule has 0 spiro atoms. The van der Waals surface area contributed by atoms with E-state index in [9.17, 15) is 14.4 Å². The van der Waals surface area contributed by atoms with Crippen molar-refractivity contribution in [2.45, 2.75) is 20.8 Å². The van der Waals surface area contributed by atoms with Crippen molar-refractivity contribution in [3.05, 3.63) is 0 Å². The predicted octanol–water partition coefficient (Wildman–Crippen LogP) is 0.302. The van der Waals surface area contributed by atoms with Gasteiger partial charge in [-0.1, -0.05) is 20.8 Å². The van der Waals surface area contributed by atoms with Gasteiger partial charge < -0.3 is 14.7 Å². The van der Waals surface area contributed by atoms with Gasteiger partial charge in [-0.05, 0) is 5.41 Å².